The van der Waals surface area contributed by atoms with Gasteiger partial charge in [0.2, 0.25) is 10.0 Å². The number of nitrogens with zero attached hydrogens (tertiary/aromatic N) is 1. The molecule has 2 saturated carbocycles. The molecule has 7 heteroatoms. The first kappa shape index (κ1) is 17.0. The van der Waals surface area contributed by atoms with Gasteiger partial charge in [-0.25, -0.2) is 12.7 Å². The number of hydrogen-bond acceptors (Lipinski definition) is 3. The van der Waals surface area contributed by atoms with Crippen molar-refractivity contribution in [2.24, 2.45) is 11.8 Å². The lowest BCUT2D eigenvalue weighted by Gasteiger charge is -2.24. The van der Waals surface area contributed by atoms with E-state index in [0.29, 0.717) is 24.2 Å². The van der Waals surface area contributed by atoms with Gasteiger partial charge in [0.05, 0.1) is 5.75 Å². The van der Waals surface area contributed by atoms with Crippen molar-refractivity contribution in [2.75, 3.05) is 25.9 Å². The van der Waals surface area contributed by atoms with Crippen molar-refractivity contribution in [3.63, 3.8) is 0 Å². The highest BCUT2D eigenvalue weighted by Gasteiger charge is 2.39. The van der Waals surface area contributed by atoms with E-state index in [0.717, 1.165) is 18.3 Å². The van der Waals surface area contributed by atoms with E-state index in [1.807, 2.05) is 0 Å². The SMILES string of the molecule is CCS(=O)(=O)N(C)CCCNC(=S)NC1CC2CCC1C2. The summed E-state index contributed by atoms with van der Waals surface area (Å²) >= 11 is 5.33. The molecule has 0 aliphatic heterocycles. The summed E-state index contributed by atoms with van der Waals surface area (Å²) < 4.78 is 24.6. The molecule has 3 unspecified atom stereocenters. The van der Waals surface area contributed by atoms with Crippen LogP contribution < -0.4 is 10.6 Å². The zero-order valence-corrected chi connectivity index (χ0v) is 14.6. The van der Waals surface area contributed by atoms with Gasteiger partial charge in [0.15, 0.2) is 5.11 Å². The van der Waals surface area contributed by atoms with Gasteiger partial charge in [0.25, 0.3) is 0 Å². The second-order valence-electron chi connectivity index (χ2n) is 6.26. The van der Waals surface area contributed by atoms with Crippen molar-refractivity contribution in [2.45, 2.75) is 45.1 Å². The number of thiocarbonyl (C=S) groups is 1. The van der Waals surface area contributed by atoms with E-state index in [-0.39, 0.29) is 5.75 Å². The number of sulfonamides is 1. The van der Waals surface area contributed by atoms with Gasteiger partial charge in [-0.2, -0.15) is 0 Å². The third-order valence-electron chi connectivity index (χ3n) is 4.83. The van der Waals surface area contributed by atoms with E-state index in [4.69, 9.17) is 12.2 Å². The molecule has 0 spiro atoms. The molecule has 0 saturated heterocycles. The second kappa shape index (κ2) is 7.24. The van der Waals surface area contributed by atoms with E-state index in [9.17, 15) is 8.42 Å². The Morgan fingerprint density at radius 3 is 2.67 bits per heavy atom. The van der Waals surface area contributed by atoms with Crippen molar-refractivity contribution in [1.29, 1.82) is 0 Å². The highest BCUT2D eigenvalue weighted by Crippen LogP contribution is 2.44. The van der Waals surface area contributed by atoms with Gasteiger partial charge >= 0.3 is 0 Å². The molecule has 0 aromatic carbocycles. The summed E-state index contributed by atoms with van der Waals surface area (Å²) in [6, 6.07) is 0.548. The molecule has 0 aromatic heterocycles. The largest absolute Gasteiger partial charge is 0.363 e. The van der Waals surface area contributed by atoms with Crippen molar-refractivity contribution in [3.8, 4) is 0 Å². The fourth-order valence-corrected chi connectivity index (χ4v) is 4.61. The Morgan fingerprint density at radius 1 is 1.33 bits per heavy atom. The molecule has 2 rings (SSSR count). The second-order valence-corrected chi connectivity index (χ2v) is 9.03. The van der Waals surface area contributed by atoms with E-state index in [1.165, 1.54) is 30.0 Å². The minimum atomic E-state index is -3.07. The average molecular weight is 334 g/mol. The van der Waals surface area contributed by atoms with Crippen LogP contribution in [0.2, 0.25) is 0 Å². The van der Waals surface area contributed by atoms with Crippen LogP contribution in [0.1, 0.15) is 39.0 Å². The first-order chi connectivity index (χ1) is 9.92. The van der Waals surface area contributed by atoms with E-state index in [1.54, 1.807) is 14.0 Å². The molecule has 122 valence electrons. The van der Waals surface area contributed by atoms with Crippen LogP contribution in [0.25, 0.3) is 0 Å². The van der Waals surface area contributed by atoms with Crippen molar-refractivity contribution in [3.05, 3.63) is 0 Å². The Hall–Kier alpha value is -0.400. The van der Waals surface area contributed by atoms with Gasteiger partial charge in [0, 0.05) is 26.2 Å². The first-order valence-electron chi connectivity index (χ1n) is 7.90. The van der Waals surface area contributed by atoms with Gasteiger partial charge in [-0.15, -0.1) is 0 Å². The number of nitrogens with one attached hydrogen (secondary N) is 2. The molecule has 5 nitrogen and oxygen atoms in total. The quantitative estimate of drug-likeness (QED) is 0.543. The lowest BCUT2D eigenvalue weighted by atomic mass is 9.96. The normalized spacial score (nSPS) is 28.0. The van der Waals surface area contributed by atoms with Crippen LogP contribution in [0, 0.1) is 11.8 Å². The summed E-state index contributed by atoms with van der Waals surface area (Å²) in [7, 11) is -1.44. The van der Waals surface area contributed by atoms with Crippen LogP contribution in [0.3, 0.4) is 0 Å². The molecular formula is C14H27N3O2S2. The molecule has 2 fully saturated rings. The van der Waals surface area contributed by atoms with Gasteiger partial charge in [-0.3, -0.25) is 0 Å². The predicted molar refractivity (Wildman–Crippen MR) is 89.7 cm³/mol. The fraction of sp³-hybridized carbons (Fsp3) is 0.929. The molecule has 2 aliphatic rings. The lowest BCUT2D eigenvalue weighted by Crippen LogP contribution is -2.44. The van der Waals surface area contributed by atoms with Crippen LogP contribution in [0.15, 0.2) is 0 Å². The molecule has 0 radical (unpaired) electrons. The first-order valence-corrected chi connectivity index (χ1v) is 9.92. The predicted octanol–water partition coefficient (Wildman–Crippen LogP) is 1.31. The summed E-state index contributed by atoms with van der Waals surface area (Å²) in [6.45, 7) is 2.90. The summed E-state index contributed by atoms with van der Waals surface area (Å²) in [4.78, 5) is 0. The van der Waals surface area contributed by atoms with Crippen LogP contribution in [-0.4, -0.2) is 49.8 Å². The maximum absolute atomic E-state index is 11.6. The van der Waals surface area contributed by atoms with E-state index < -0.39 is 10.0 Å². The van der Waals surface area contributed by atoms with Crippen LogP contribution in [-0.2, 0) is 10.0 Å². The minimum Gasteiger partial charge on any atom is -0.363 e. The third kappa shape index (κ3) is 4.53. The number of hydrogen-bond donors (Lipinski definition) is 2. The fourth-order valence-electron chi connectivity index (χ4n) is 3.50. The molecule has 2 N–H and O–H groups in total. The van der Waals surface area contributed by atoms with Crippen LogP contribution in [0.5, 0.6) is 0 Å². The Kier molecular flexibility index (Phi) is 5.85. The standard InChI is InChI=1S/C14H27N3O2S2/c1-3-21(18,19)17(2)8-4-7-15-14(20)16-13-10-11-5-6-12(13)9-11/h11-13H,3-10H2,1-2H3,(H2,15,16,20). The highest BCUT2D eigenvalue weighted by molar-refractivity contribution is 7.89. The summed E-state index contributed by atoms with van der Waals surface area (Å²) in [5.74, 6) is 1.86. The molecule has 2 aliphatic carbocycles. The van der Waals surface area contributed by atoms with Crippen LogP contribution in [0.4, 0.5) is 0 Å². The maximum atomic E-state index is 11.6. The monoisotopic (exact) mass is 333 g/mol. The zero-order valence-electron chi connectivity index (χ0n) is 13.0. The molecule has 2 bridgehead atoms. The molecule has 0 aromatic rings. The summed E-state index contributed by atoms with van der Waals surface area (Å²) in [6.07, 6.45) is 6.10. The number of rotatable bonds is 7. The Bertz CT molecular complexity index is 467. The molecule has 3 atom stereocenters. The van der Waals surface area contributed by atoms with Crippen molar-refractivity contribution in [1.82, 2.24) is 14.9 Å². The van der Waals surface area contributed by atoms with Crippen molar-refractivity contribution < 1.29 is 8.42 Å². The molecule has 0 heterocycles. The molecule has 0 amide bonds. The smallest absolute Gasteiger partial charge is 0.213 e. The van der Waals surface area contributed by atoms with Gasteiger partial charge in [-0.1, -0.05) is 6.42 Å². The number of fused-ring (bicyclic) bond motifs is 2. The molecular weight excluding hydrogens is 306 g/mol. The van der Waals surface area contributed by atoms with Gasteiger partial charge in [0.1, 0.15) is 0 Å². The van der Waals surface area contributed by atoms with Crippen molar-refractivity contribution >= 4 is 27.4 Å². The summed E-state index contributed by atoms with van der Waals surface area (Å²) in [5.41, 5.74) is 0. The van der Waals surface area contributed by atoms with E-state index in [2.05, 4.69) is 10.6 Å². The van der Waals surface area contributed by atoms with E-state index >= 15 is 0 Å². The lowest BCUT2D eigenvalue weighted by molar-refractivity contribution is 0.389. The Labute approximate surface area is 133 Å². The molecule has 21 heavy (non-hydrogen) atoms. The Morgan fingerprint density at radius 2 is 2.10 bits per heavy atom. The Balaban J connectivity index is 1.59. The maximum Gasteiger partial charge on any atom is 0.213 e. The summed E-state index contributed by atoms with van der Waals surface area (Å²) in [5, 5.41) is 7.34. The van der Waals surface area contributed by atoms with Gasteiger partial charge < -0.3 is 10.6 Å². The average Bonchev–Trinajstić information content (AvgIpc) is 3.05. The van der Waals surface area contributed by atoms with Gasteiger partial charge in [-0.05, 0) is 56.7 Å². The zero-order chi connectivity index (χ0) is 15.5. The highest BCUT2D eigenvalue weighted by atomic mass is 32.2. The third-order valence-corrected chi connectivity index (χ3v) is 6.95. The topological polar surface area (TPSA) is 61.4 Å². The van der Waals surface area contributed by atoms with Crippen LogP contribution >= 0.6 is 12.2 Å². The minimum absolute atomic E-state index is 0.154.